The number of ether oxygens (including phenoxy) is 1. The number of carbonyl (C=O) groups excluding carboxylic acids is 3. The number of rotatable bonds is 9. The molecule has 2 N–H and O–H groups in total. The lowest BCUT2D eigenvalue weighted by atomic mass is 9.98. The fourth-order valence-corrected chi connectivity index (χ4v) is 4.95. The van der Waals surface area contributed by atoms with Gasteiger partial charge in [-0.3, -0.25) is 19.6 Å². The van der Waals surface area contributed by atoms with Gasteiger partial charge < -0.3 is 25.2 Å². The van der Waals surface area contributed by atoms with Gasteiger partial charge in [-0.2, -0.15) is 0 Å². The zero-order chi connectivity index (χ0) is 29.8. The largest absolute Gasteiger partial charge is 0.465 e. The number of hydrogen-bond acceptors (Lipinski definition) is 8. The van der Waals surface area contributed by atoms with Gasteiger partial charge in [-0.05, 0) is 75.6 Å². The molecule has 2 heterocycles. The van der Waals surface area contributed by atoms with E-state index in [1.165, 1.54) is 7.11 Å². The number of benzene rings is 3. The maximum atomic E-state index is 13.4. The van der Waals surface area contributed by atoms with Crippen LogP contribution in [0.4, 0.5) is 17.1 Å². The van der Waals surface area contributed by atoms with E-state index in [0.717, 1.165) is 35.4 Å². The molecule has 0 saturated heterocycles. The molecule has 42 heavy (non-hydrogen) atoms. The first-order chi connectivity index (χ1) is 20.2. The maximum Gasteiger partial charge on any atom is 0.337 e. The topological polar surface area (TPSA) is 117 Å². The first-order valence-electron chi connectivity index (χ1n) is 13.5. The lowest BCUT2D eigenvalue weighted by molar-refractivity contribution is -0.116. The standard InChI is InChI=1S/C32H32N6O4/c1-20(39)38(17-5-16-37(2)3)24-10-8-23(9-11-24)35-30(21-7-13-26-28(18-21)34-15-14-33-26)29-25-12-6-22(32(41)42-4)19-27(25)36-31(29)40/h6-15,18-19,35H,5,16-17H2,1-4H3,(H,36,40). The molecule has 5 rings (SSSR count). The van der Waals surface area contributed by atoms with Gasteiger partial charge >= 0.3 is 5.97 Å². The van der Waals surface area contributed by atoms with Gasteiger partial charge in [0.2, 0.25) is 5.91 Å². The molecule has 1 aliphatic heterocycles. The second kappa shape index (κ2) is 12.2. The number of methoxy groups -OCH3 is 1. The molecule has 0 aliphatic carbocycles. The normalized spacial score (nSPS) is 13.5. The smallest absolute Gasteiger partial charge is 0.337 e. The van der Waals surface area contributed by atoms with Gasteiger partial charge in [-0.15, -0.1) is 0 Å². The van der Waals surface area contributed by atoms with Crippen molar-refractivity contribution < 1.29 is 19.1 Å². The van der Waals surface area contributed by atoms with Crippen LogP contribution in [0.2, 0.25) is 0 Å². The predicted octanol–water partition coefficient (Wildman–Crippen LogP) is 4.65. The number of nitrogens with zero attached hydrogens (tertiary/aromatic N) is 4. The first-order valence-corrected chi connectivity index (χ1v) is 13.5. The van der Waals surface area contributed by atoms with Crippen molar-refractivity contribution in [1.82, 2.24) is 14.9 Å². The van der Waals surface area contributed by atoms with Gasteiger partial charge in [-0.1, -0.05) is 12.1 Å². The minimum atomic E-state index is -0.489. The summed E-state index contributed by atoms with van der Waals surface area (Å²) in [4.78, 5) is 50.6. The molecule has 1 aromatic heterocycles. The summed E-state index contributed by atoms with van der Waals surface area (Å²) in [6.45, 7) is 3.05. The Kier molecular flexibility index (Phi) is 8.26. The highest BCUT2D eigenvalue weighted by atomic mass is 16.5. The van der Waals surface area contributed by atoms with E-state index in [2.05, 4.69) is 25.5 Å². The average Bonchev–Trinajstić information content (AvgIpc) is 3.32. The number of nitrogens with one attached hydrogen (secondary N) is 2. The third-order valence-corrected chi connectivity index (χ3v) is 7.01. The van der Waals surface area contributed by atoms with Crippen molar-refractivity contribution >= 4 is 57.1 Å². The maximum absolute atomic E-state index is 13.4. The molecule has 0 bridgehead atoms. The van der Waals surface area contributed by atoms with E-state index in [9.17, 15) is 14.4 Å². The van der Waals surface area contributed by atoms with Crippen LogP contribution < -0.4 is 15.5 Å². The molecule has 1 aliphatic rings. The predicted molar refractivity (Wildman–Crippen MR) is 164 cm³/mol. The summed E-state index contributed by atoms with van der Waals surface area (Å²) in [5.74, 6) is -0.827. The summed E-state index contributed by atoms with van der Waals surface area (Å²) in [7, 11) is 5.33. The minimum Gasteiger partial charge on any atom is -0.465 e. The van der Waals surface area contributed by atoms with Gasteiger partial charge in [0.05, 0.1) is 40.7 Å². The van der Waals surface area contributed by atoms with Crippen LogP contribution in [0.3, 0.4) is 0 Å². The molecule has 214 valence electrons. The molecular weight excluding hydrogens is 532 g/mol. The van der Waals surface area contributed by atoms with E-state index < -0.39 is 5.97 Å². The minimum absolute atomic E-state index is 0.0277. The average molecular weight is 565 g/mol. The first kappa shape index (κ1) is 28.4. The molecule has 10 heteroatoms. The Labute approximate surface area is 244 Å². The molecule has 4 aromatic rings. The molecule has 0 atom stereocenters. The van der Waals surface area contributed by atoms with E-state index in [1.807, 2.05) is 56.6 Å². The lowest BCUT2D eigenvalue weighted by Gasteiger charge is -2.23. The van der Waals surface area contributed by atoms with E-state index in [1.54, 1.807) is 42.4 Å². The van der Waals surface area contributed by atoms with Crippen molar-refractivity contribution in [3.63, 3.8) is 0 Å². The quantitative estimate of drug-likeness (QED) is 0.223. The molecule has 0 radical (unpaired) electrons. The highest BCUT2D eigenvalue weighted by molar-refractivity contribution is 6.37. The molecule has 0 saturated carbocycles. The number of carbonyl (C=O) groups is 3. The van der Waals surface area contributed by atoms with Crippen LogP contribution in [-0.2, 0) is 14.3 Å². The number of aromatic nitrogens is 2. The van der Waals surface area contributed by atoms with Crippen LogP contribution in [0.25, 0.3) is 22.3 Å². The summed E-state index contributed by atoms with van der Waals surface area (Å²) in [5.41, 5.74) is 6.14. The van der Waals surface area contributed by atoms with Crippen LogP contribution in [0.15, 0.2) is 73.1 Å². The zero-order valence-electron chi connectivity index (χ0n) is 24.0. The van der Waals surface area contributed by atoms with Gasteiger partial charge in [-0.25, -0.2) is 4.79 Å². The molecule has 3 aromatic carbocycles. The SMILES string of the molecule is COC(=O)c1ccc2c(c1)NC(=O)C2=C(Nc1ccc(N(CCCN(C)C)C(C)=O)cc1)c1ccc2nccnc2c1. The van der Waals surface area contributed by atoms with Crippen molar-refractivity contribution in [3.8, 4) is 0 Å². The summed E-state index contributed by atoms with van der Waals surface area (Å²) >= 11 is 0. The van der Waals surface area contributed by atoms with Crippen molar-refractivity contribution in [2.45, 2.75) is 13.3 Å². The fourth-order valence-electron chi connectivity index (χ4n) is 4.95. The van der Waals surface area contributed by atoms with Gasteiger partial charge in [0.25, 0.3) is 5.91 Å². The highest BCUT2D eigenvalue weighted by Gasteiger charge is 2.29. The van der Waals surface area contributed by atoms with Gasteiger partial charge in [0.1, 0.15) is 0 Å². The van der Waals surface area contributed by atoms with Crippen LogP contribution in [0.5, 0.6) is 0 Å². The van der Waals surface area contributed by atoms with Crippen molar-refractivity contribution in [2.75, 3.05) is 49.8 Å². The molecule has 0 fully saturated rings. The number of fused-ring (bicyclic) bond motifs is 2. The second-order valence-electron chi connectivity index (χ2n) is 10.2. The van der Waals surface area contributed by atoms with Crippen LogP contribution in [-0.4, -0.2) is 66.9 Å². The Hall–Kier alpha value is -5.09. The third-order valence-electron chi connectivity index (χ3n) is 7.01. The van der Waals surface area contributed by atoms with Crippen molar-refractivity contribution in [1.29, 1.82) is 0 Å². The third kappa shape index (κ3) is 5.98. The second-order valence-corrected chi connectivity index (χ2v) is 10.2. The van der Waals surface area contributed by atoms with Crippen LogP contribution in [0.1, 0.15) is 34.8 Å². The summed E-state index contributed by atoms with van der Waals surface area (Å²) in [5, 5.41) is 6.33. The molecule has 0 unspecified atom stereocenters. The van der Waals surface area contributed by atoms with Crippen LogP contribution in [0, 0.1) is 0 Å². The Morgan fingerprint density at radius 2 is 1.62 bits per heavy atom. The number of anilines is 3. The Bertz CT molecular complexity index is 1700. The van der Waals surface area contributed by atoms with Gasteiger partial charge in [0.15, 0.2) is 0 Å². The Morgan fingerprint density at radius 3 is 2.31 bits per heavy atom. The molecular formula is C32H32N6O4. The zero-order valence-corrected chi connectivity index (χ0v) is 24.0. The molecule has 0 spiro atoms. The monoisotopic (exact) mass is 564 g/mol. The fraction of sp³-hybridized carbons (Fsp3) is 0.219. The van der Waals surface area contributed by atoms with Crippen LogP contribution >= 0.6 is 0 Å². The van der Waals surface area contributed by atoms with E-state index in [-0.39, 0.29) is 11.8 Å². The number of amides is 2. The Morgan fingerprint density at radius 1 is 0.905 bits per heavy atom. The van der Waals surface area contributed by atoms with Crippen molar-refractivity contribution in [2.24, 2.45) is 0 Å². The number of esters is 1. The summed E-state index contributed by atoms with van der Waals surface area (Å²) in [6.07, 6.45) is 4.10. The molecule has 10 nitrogen and oxygen atoms in total. The van der Waals surface area contributed by atoms with Gasteiger partial charge in [0, 0.05) is 48.4 Å². The number of hydrogen-bond donors (Lipinski definition) is 2. The van der Waals surface area contributed by atoms with E-state index >= 15 is 0 Å². The van der Waals surface area contributed by atoms with E-state index in [4.69, 9.17) is 4.74 Å². The lowest BCUT2D eigenvalue weighted by Crippen LogP contribution is -2.31. The Balaban J connectivity index is 1.55. The summed E-state index contributed by atoms with van der Waals surface area (Å²) in [6, 6.07) is 18.1. The highest BCUT2D eigenvalue weighted by Crippen LogP contribution is 2.38. The molecule has 2 amide bonds. The van der Waals surface area contributed by atoms with Crippen molar-refractivity contribution in [3.05, 3.63) is 89.7 Å². The summed E-state index contributed by atoms with van der Waals surface area (Å²) < 4.78 is 4.84. The van der Waals surface area contributed by atoms with E-state index in [0.29, 0.717) is 40.1 Å².